The van der Waals surface area contributed by atoms with Crippen LogP contribution < -0.4 is 6.15 Å². The van der Waals surface area contributed by atoms with Crippen molar-refractivity contribution in [2.24, 2.45) is 0 Å². The zero-order chi connectivity index (χ0) is 9.98. The molecule has 0 aromatic rings. The highest BCUT2D eigenvalue weighted by molar-refractivity contribution is 5.86. The Bertz CT molecular complexity index is 131. The third kappa shape index (κ3) is 18.3. The van der Waals surface area contributed by atoms with E-state index in [4.69, 9.17) is 0 Å². The number of hydrogen-bond acceptors (Lipinski definition) is 3. The number of rotatable bonds is 3. The summed E-state index contributed by atoms with van der Waals surface area (Å²) in [5.41, 5.74) is 0.451. The van der Waals surface area contributed by atoms with Crippen molar-refractivity contribution in [3.05, 3.63) is 12.2 Å². The minimum Gasteiger partial charge on any atom is -0.463 e. The molecule has 0 unspecified atom stereocenters. The third-order valence-electron chi connectivity index (χ3n) is 1.12. The van der Waals surface area contributed by atoms with E-state index in [1.165, 1.54) is 12.8 Å². The first-order valence-electron chi connectivity index (χ1n) is 4.42. The van der Waals surface area contributed by atoms with Crippen LogP contribution in [-0.4, -0.2) is 12.6 Å². The van der Waals surface area contributed by atoms with Crippen molar-refractivity contribution in [1.29, 1.82) is 0 Å². The maximum Gasteiger partial charge on any atom is 0.333 e. The lowest BCUT2D eigenvalue weighted by atomic mass is 10.4. The highest BCUT2D eigenvalue weighted by atomic mass is 16.5. The monoisotopic (exact) mass is 189 g/mol. The second-order valence-corrected chi connectivity index (χ2v) is 2.50. The Kier molecular flexibility index (Phi) is 19.1. The van der Waals surface area contributed by atoms with E-state index in [2.05, 4.69) is 25.2 Å². The van der Waals surface area contributed by atoms with Gasteiger partial charge in [-0.15, -0.1) is 0 Å². The van der Waals surface area contributed by atoms with Gasteiger partial charge in [-0.25, -0.2) is 4.79 Å². The standard InChI is InChI=1S/C6H10O2.C4H10.H3N/c1-4-8-6(7)5(2)3;1-3-4-2;/h2,4H2,1,3H3;3-4H2,1-2H3;1H3. The van der Waals surface area contributed by atoms with E-state index in [1.54, 1.807) is 13.8 Å². The summed E-state index contributed by atoms with van der Waals surface area (Å²) in [6.45, 7) is 11.6. The van der Waals surface area contributed by atoms with Crippen LogP contribution >= 0.6 is 0 Å². The number of unbranched alkanes of at least 4 members (excludes halogenated alkanes) is 1. The van der Waals surface area contributed by atoms with Gasteiger partial charge in [0, 0.05) is 5.57 Å². The molecule has 0 spiro atoms. The minimum atomic E-state index is -0.312. The molecule has 0 bridgehead atoms. The highest BCUT2D eigenvalue weighted by Gasteiger charge is 1.98. The number of carbonyl (C=O) groups is 1. The van der Waals surface area contributed by atoms with Crippen LogP contribution in [-0.2, 0) is 9.53 Å². The summed E-state index contributed by atoms with van der Waals surface area (Å²) in [7, 11) is 0. The van der Waals surface area contributed by atoms with Crippen LogP contribution in [0.5, 0.6) is 0 Å². The zero-order valence-electron chi connectivity index (χ0n) is 9.35. The van der Waals surface area contributed by atoms with Gasteiger partial charge in [0.25, 0.3) is 0 Å². The molecular formula is C10H23NO2. The molecule has 0 radical (unpaired) electrons. The summed E-state index contributed by atoms with van der Waals surface area (Å²) in [6, 6.07) is 0. The van der Waals surface area contributed by atoms with Crippen LogP contribution in [0.1, 0.15) is 40.5 Å². The molecule has 0 aliphatic rings. The SMILES string of the molecule is C=C(C)C(=O)OCC.CCCC.N. The molecule has 0 atom stereocenters. The lowest BCUT2D eigenvalue weighted by Crippen LogP contribution is -2.03. The fourth-order valence-corrected chi connectivity index (χ4v) is 0.254. The summed E-state index contributed by atoms with van der Waals surface area (Å²) in [4.78, 5) is 10.4. The predicted octanol–water partition coefficient (Wildman–Crippen LogP) is 3.09. The van der Waals surface area contributed by atoms with Gasteiger partial charge in [0.05, 0.1) is 6.61 Å². The molecule has 0 aliphatic heterocycles. The molecule has 0 rings (SSSR count). The molecule has 3 N–H and O–H groups in total. The van der Waals surface area contributed by atoms with Crippen molar-refractivity contribution < 1.29 is 9.53 Å². The van der Waals surface area contributed by atoms with Gasteiger partial charge in [-0.05, 0) is 13.8 Å². The van der Waals surface area contributed by atoms with E-state index in [0.717, 1.165) is 0 Å². The number of carbonyl (C=O) groups excluding carboxylic acids is 1. The quantitative estimate of drug-likeness (QED) is 0.548. The Morgan fingerprint density at radius 3 is 1.69 bits per heavy atom. The average molecular weight is 189 g/mol. The molecule has 0 heterocycles. The summed E-state index contributed by atoms with van der Waals surface area (Å²) >= 11 is 0. The van der Waals surface area contributed by atoms with Crippen LogP contribution in [0, 0.1) is 0 Å². The average Bonchev–Trinajstić information content (AvgIpc) is 2.05. The first kappa shape index (κ1) is 18.1. The molecule has 0 fully saturated rings. The van der Waals surface area contributed by atoms with Gasteiger partial charge in [0.1, 0.15) is 0 Å². The van der Waals surface area contributed by atoms with E-state index >= 15 is 0 Å². The van der Waals surface area contributed by atoms with Crippen molar-refractivity contribution in [3.63, 3.8) is 0 Å². The van der Waals surface area contributed by atoms with E-state index in [1.807, 2.05) is 0 Å². The number of hydrogen-bond donors (Lipinski definition) is 1. The first-order chi connectivity index (χ1) is 5.59. The van der Waals surface area contributed by atoms with Crippen LogP contribution in [0.3, 0.4) is 0 Å². The van der Waals surface area contributed by atoms with Gasteiger partial charge in [0.2, 0.25) is 0 Å². The third-order valence-corrected chi connectivity index (χ3v) is 1.12. The second-order valence-electron chi connectivity index (χ2n) is 2.50. The molecule has 0 saturated heterocycles. The van der Waals surface area contributed by atoms with Gasteiger partial charge >= 0.3 is 5.97 Å². The van der Waals surface area contributed by atoms with Crippen LogP contribution in [0.2, 0.25) is 0 Å². The summed E-state index contributed by atoms with van der Waals surface area (Å²) in [5, 5.41) is 0. The highest BCUT2D eigenvalue weighted by Crippen LogP contribution is 1.89. The molecule has 3 nitrogen and oxygen atoms in total. The van der Waals surface area contributed by atoms with Crippen molar-refractivity contribution in [2.45, 2.75) is 40.5 Å². The molecule has 13 heavy (non-hydrogen) atoms. The lowest BCUT2D eigenvalue weighted by molar-refractivity contribution is -0.138. The molecule has 0 aromatic heterocycles. The van der Waals surface area contributed by atoms with Gasteiger partial charge < -0.3 is 10.9 Å². The van der Waals surface area contributed by atoms with Crippen molar-refractivity contribution in [1.82, 2.24) is 6.15 Å². The summed E-state index contributed by atoms with van der Waals surface area (Å²) in [5.74, 6) is -0.312. The maximum atomic E-state index is 10.4. The van der Waals surface area contributed by atoms with Crippen molar-refractivity contribution in [3.8, 4) is 0 Å². The molecule has 0 aliphatic carbocycles. The predicted molar refractivity (Wildman–Crippen MR) is 57.1 cm³/mol. The van der Waals surface area contributed by atoms with Crippen LogP contribution in [0.4, 0.5) is 0 Å². The van der Waals surface area contributed by atoms with Crippen molar-refractivity contribution in [2.75, 3.05) is 6.61 Å². The Hall–Kier alpha value is -0.830. The van der Waals surface area contributed by atoms with Gasteiger partial charge in [-0.3, -0.25) is 0 Å². The molecule has 0 amide bonds. The van der Waals surface area contributed by atoms with Gasteiger partial charge in [0.15, 0.2) is 0 Å². The molecule has 3 heteroatoms. The van der Waals surface area contributed by atoms with E-state index in [0.29, 0.717) is 12.2 Å². The minimum absolute atomic E-state index is 0. The maximum absolute atomic E-state index is 10.4. The van der Waals surface area contributed by atoms with E-state index in [9.17, 15) is 4.79 Å². The van der Waals surface area contributed by atoms with Crippen molar-refractivity contribution >= 4 is 5.97 Å². The van der Waals surface area contributed by atoms with Gasteiger partial charge in [-0.2, -0.15) is 0 Å². The molecule has 80 valence electrons. The van der Waals surface area contributed by atoms with E-state index < -0.39 is 0 Å². The Balaban J connectivity index is -0.000000173. The topological polar surface area (TPSA) is 61.3 Å². The van der Waals surface area contributed by atoms with Crippen LogP contribution in [0.25, 0.3) is 0 Å². The summed E-state index contributed by atoms with van der Waals surface area (Å²) in [6.07, 6.45) is 2.64. The first-order valence-corrected chi connectivity index (χ1v) is 4.42. The Morgan fingerprint density at radius 1 is 1.23 bits per heavy atom. The van der Waals surface area contributed by atoms with E-state index in [-0.39, 0.29) is 12.1 Å². The smallest absolute Gasteiger partial charge is 0.333 e. The number of ether oxygens (including phenoxy) is 1. The second kappa shape index (κ2) is 13.7. The summed E-state index contributed by atoms with van der Waals surface area (Å²) < 4.78 is 4.56. The largest absolute Gasteiger partial charge is 0.463 e. The Labute approximate surface area is 81.8 Å². The van der Waals surface area contributed by atoms with Gasteiger partial charge in [-0.1, -0.05) is 33.3 Å². The number of esters is 1. The fraction of sp³-hybridized carbons (Fsp3) is 0.700. The Morgan fingerprint density at radius 2 is 1.62 bits per heavy atom. The zero-order valence-corrected chi connectivity index (χ0v) is 9.35. The molecular weight excluding hydrogens is 166 g/mol. The lowest BCUT2D eigenvalue weighted by Gasteiger charge is -1.96. The normalized spacial score (nSPS) is 7.38. The fourth-order valence-electron chi connectivity index (χ4n) is 0.254. The van der Waals surface area contributed by atoms with Crippen LogP contribution in [0.15, 0.2) is 12.2 Å². The molecule has 0 saturated carbocycles. The molecule has 0 aromatic carbocycles.